The third-order valence-electron chi connectivity index (χ3n) is 3.84. The number of para-hydroxylation sites is 1. The predicted octanol–water partition coefficient (Wildman–Crippen LogP) is 2.99. The van der Waals surface area contributed by atoms with Gasteiger partial charge in [-0.25, -0.2) is 0 Å². The Labute approximate surface area is 143 Å². The maximum Gasteiger partial charge on any atom is 0.263 e. The summed E-state index contributed by atoms with van der Waals surface area (Å²) in [6.07, 6.45) is 1.23. The molecular weight excluding hydrogens is 323 g/mol. The van der Waals surface area contributed by atoms with Crippen LogP contribution in [0.5, 0.6) is 5.75 Å². The van der Waals surface area contributed by atoms with E-state index in [2.05, 4.69) is 5.32 Å². The van der Waals surface area contributed by atoms with Gasteiger partial charge >= 0.3 is 0 Å². The van der Waals surface area contributed by atoms with Crippen molar-refractivity contribution in [1.82, 2.24) is 10.2 Å². The number of hydrogen-bond donors (Lipinski definition) is 1. The Kier molecular flexibility index (Phi) is 8.01. The highest BCUT2D eigenvalue weighted by molar-refractivity contribution is 6.32. The molecule has 0 aliphatic carbocycles. The molecule has 0 saturated carbocycles. The zero-order valence-electron chi connectivity index (χ0n) is 13.0. The van der Waals surface area contributed by atoms with E-state index in [4.69, 9.17) is 16.3 Å². The highest BCUT2D eigenvalue weighted by Crippen LogP contribution is 2.26. The van der Waals surface area contributed by atoms with Crippen LogP contribution in [0.2, 0.25) is 5.02 Å². The molecule has 2 atom stereocenters. The molecule has 22 heavy (non-hydrogen) atoms. The number of rotatable bonds is 6. The molecular formula is C16H24Cl2N2O2. The fraction of sp³-hybridized carbons (Fsp3) is 0.562. The third kappa shape index (κ3) is 4.77. The topological polar surface area (TPSA) is 41.6 Å². The van der Waals surface area contributed by atoms with Gasteiger partial charge in [0.1, 0.15) is 5.75 Å². The second-order valence-electron chi connectivity index (χ2n) is 5.44. The van der Waals surface area contributed by atoms with Crippen LogP contribution >= 0.6 is 24.0 Å². The number of benzene rings is 1. The third-order valence-corrected chi connectivity index (χ3v) is 4.15. The van der Waals surface area contributed by atoms with Crippen LogP contribution in [0.4, 0.5) is 0 Å². The van der Waals surface area contributed by atoms with E-state index in [1.54, 1.807) is 12.1 Å². The quantitative estimate of drug-likeness (QED) is 0.860. The summed E-state index contributed by atoms with van der Waals surface area (Å²) in [5.74, 6) is 1.18. The lowest BCUT2D eigenvalue weighted by atomic mass is 10.1. The average Bonchev–Trinajstić information content (AvgIpc) is 2.95. The van der Waals surface area contributed by atoms with E-state index in [0.29, 0.717) is 23.1 Å². The van der Waals surface area contributed by atoms with Crippen LogP contribution in [0.15, 0.2) is 24.3 Å². The molecule has 2 rings (SSSR count). The van der Waals surface area contributed by atoms with Gasteiger partial charge in [0.2, 0.25) is 0 Å². The minimum Gasteiger partial charge on any atom is -0.479 e. The predicted molar refractivity (Wildman–Crippen MR) is 92.0 cm³/mol. The van der Waals surface area contributed by atoms with Crippen molar-refractivity contribution in [2.45, 2.75) is 25.9 Å². The van der Waals surface area contributed by atoms with E-state index in [1.807, 2.05) is 31.0 Å². The second-order valence-corrected chi connectivity index (χ2v) is 5.85. The summed E-state index contributed by atoms with van der Waals surface area (Å²) in [7, 11) is 1.94. The lowest BCUT2D eigenvalue weighted by Crippen LogP contribution is -2.41. The summed E-state index contributed by atoms with van der Waals surface area (Å²) in [6.45, 7) is 4.53. The number of nitrogens with zero attached hydrogens (tertiary/aromatic N) is 1. The summed E-state index contributed by atoms with van der Waals surface area (Å²) in [4.78, 5) is 14.5. The van der Waals surface area contributed by atoms with Crippen molar-refractivity contribution in [3.8, 4) is 5.75 Å². The molecule has 0 spiro atoms. The van der Waals surface area contributed by atoms with Crippen molar-refractivity contribution >= 4 is 29.9 Å². The van der Waals surface area contributed by atoms with Crippen molar-refractivity contribution in [3.63, 3.8) is 0 Å². The lowest BCUT2D eigenvalue weighted by molar-refractivity contribution is -0.137. The van der Waals surface area contributed by atoms with Crippen LogP contribution in [0.25, 0.3) is 0 Å². The Hall–Kier alpha value is -0.970. The first kappa shape index (κ1) is 19.1. The largest absolute Gasteiger partial charge is 0.479 e. The molecule has 124 valence electrons. The number of carbonyl (C=O) groups excluding carboxylic acids is 1. The van der Waals surface area contributed by atoms with Gasteiger partial charge in [-0.05, 0) is 44.5 Å². The van der Waals surface area contributed by atoms with Crippen LogP contribution in [-0.2, 0) is 4.79 Å². The monoisotopic (exact) mass is 346 g/mol. The Morgan fingerprint density at radius 1 is 1.50 bits per heavy atom. The number of hydrogen-bond acceptors (Lipinski definition) is 3. The maximum absolute atomic E-state index is 12.6. The van der Waals surface area contributed by atoms with E-state index in [1.165, 1.54) is 0 Å². The van der Waals surface area contributed by atoms with Crippen molar-refractivity contribution < 1.29 is 9.53 Å². The average molecular weight is 347 g/mol. The highest BCUT2D eigenvalue weighted by atomic mass is 35.5. The summed E-state index contributed by atoms with van der Waals surface area (Å²) < 4.78 is 5.83. The van der Waals surface area contributed by atoms with Gasteiger partial charge in [0, 0.05) is 13.1 Å². The van der Waals surface area contributed by atoms with Gasteiger partial charge in [0.15, 0.2) is 6.10 Å². The number of nitrogens with one attached hydrogen (secondary N) is 1. The first-order valence-electron chi connectivity index (χ1n) is 7.50. The van der Waals surface area contributed by atoms with Crippen molar-refractivity contribution in [1.29, 1.82) is 0 Å². The number of carbonyl (C=O) groups is 1. The zero-order chi connectivity index (χ0) is 15.2. The smallest absolute Gasteiger partial charge is 0.263 e. The minimum atomic E-state index is -0.460. The molecule has 1 aliphatic heterocycles. The molecule has 4 nitrogen and oxygen atoms in total. The summed E-state index contributed by atoms with van der Waals surface area (Å²) in [5.41, 5.74) is 0. The zero-order valence-corrected chi connectivity index (χ0v) is 14.6. The van der Waals surface area contributed by atoms with Crippen LogP contribution < -0.4 is 10.1 Å². The van der Waals surface area contributed by atoms with Crippen molar-refractivity contribution in [3.05, 3.63) is 29.3 Å². The maximum atomic E-state index is 12.6. The molecule has 6 heteroatoms. The normalized spacial score (nSPS) is 18.7. The van der Waals surface area contributed by atoms with Gasteiger partial charge in [0.25, 0.3) is 5.91 Å². The van der Waals surface area contributed by atoms with Crippen molar-refractivity contribution in [2.24, 2.45) is 5.92 Å². The van der Waals surface area contributed by atoms with Gasteiger partial charge in [-0.2, -0.15) is 0 Å². The van der Waals surface area contributed by atoms with Crippen molar-refractivity contribution in [2.75, 3.05) is 26.7 Å². The van der Waals surface area contributed by atoms with Gasteiger partial charge in [-0.3, -0.25) is 4.79 Å². The molecule has 0 radical (unpaired) electrons. The van der Waals surface area contributed by atoms with E-state index in [0.717, 1.165) is 26.1 Å². The minimum absolute atomic E-state index is 0. The lowest BCUT2D eigenvalue weighted by Gasteiger charge is -2.24. The summed E-state index contributed by atoms with van der Waals surface area (Å²) in [6, 6.07) is 7.27. The molecule has 1 aromatic rings. The molecule has 1 heterocycles. The van der Waals surface area contributed by atoms with E-state index >= 15 is 0 Å². The first-order valence-corrected chi connectivity index (χ1v) is 7.88. The Bertz CT molecular complexity index is 485. The molecule has 2 unspecified atom stereocenters. The number of halogens is 2. The highest BCUT2D eigenvalue weighted by Gasteiger charge is 2.31. The summed E-state index contributed by atoms with van der Waals surface area (Å²) >= 11 is 6.10. The van der Waals surface area contributed by atoms with E-state index in [9.17, 15) is 4.79 Å². The van der Waals surface area contributed by atoms with Gasteiger partial charge < -0.3 is 15.0 Å². The number of ether oxygens (including phenoxy) is 1. The molecule has 1 amide bonds. The Balaban J connectivity index is 0.00000242. The fourth-order valence-electron chi connectivity index (χ4n) is 2.69. The molecule has 1 aliphatic rings. The van der Waals surface area contributed by atoms with Crippen LogP contribution in [0.1, 0.15) is 19.8 Å². The van der Waals surface area contributed by atoms with Crippen LogP contribution in [0.3, 0.4) is 0 Å². The molecule has 1 N–H and O–H groups in total. The van der Waals surface area contributed by atoms with E-state index in [-0.39, 0.29) is 18.3 Å². The van der Waals surface area contributed by atoms with Gasteiger partial charge in [-0.15, -0.1) is 12.4 Å². The van der Waals surface area contributed by atoms with Gasteiger partial charge in [0.05, 0.1) is 5.02 Å². The van der Waals surface area contributed by atoms with Gasteiger partial charge in [-0.1, -0.05) is 30.7 Å². The SMILES string of the molecule is CCC(Oc1ccccc1Cl)C(=O)N1CCC(CNC)C1.Cl. The van der Waals surface area contributed by atoms with Crippen LogP contribution in [0, 0.1) is 5.92 Å². The summed E-state index contributed by atoms with van der Waals surface area (Å²) in [5, 5.41) is 3.71. The molecule has 0 bridgehead atoms. The number of likely N-dealkylation sites (tertiary alicyclic amines) is 1. The number of amides is 1. The molecule has 1 aromatic carbocycles. The van der Waals surface area contributed by atoms with Crippen LogP contribution in [-0.4, -0.2) is 43.6 Å². The fourth-order valence-corrected chi connectivity index (χ4v) is 2.87. The molecule has 0 aromatic heterocycles. The molecule has 1 fully saturated rings. The second kappa shape index (κ2) is 9.23. The Morgan fingerprint density at radius 3 is 2.86 bits per heavy atom. The first-order chi connectivity index (χ1) is 10.2. The Morgan fingerprint density at radius 2 is 2.23 bits per heavy atom. The standard InChI is InChI=1S/C16H23ClN2O2.ClH/c1-3-14(21-15-7-5-4-6-13(15)17)16(20)19-9-8-12(11-19)10-18-2;/h4-7,12,14,18H,3,8-11H2,1-2H3;1H. The van der Waals surface area contributed by atoms with E-state index < -0.39 is 6.10 Å². The molecule has 1 saturated heterocycles.